The maximum absolute atomic E-state index is 13.6. The molecule has 0 spiro atoms. The molecule has 172 valence electrons. The van der Waals surface area contributed by atoms with Crippen LogP contribution in [0, 0.1) is 0 Å². The van der Waals surface area contributed by atoms with Crippen LogP contribution >= 0.6 is 0 Å². The summed E-state index contributed by atoms with van der Waals surface area (Å²) in [6.45, 7) is 0.629. The minimum atomic E-state index is -3.77. The highest BCUT2D eigenvalue weighted by atomic mass is 32.2. The van der Waals surface area contributed by atoms with Gasteiger partial charge in [0, 0.05) is 18.2 Å². The van der Waals surface area contributed by atoms with Crippen molar-refractivity contribution >= 4 is 15.9 Å². The number of hydrogen-bond acceptors (Lipinski definition) is 5. The van der Waals surface area contributed by atoms with Gasteiger partial charge in [-0.15, -0.1) is 0 Å². The third kappa shape index (κ3) is 4.91. The summed E-state index contributed by atoms with van der Waals surface area (Å²) in [6, 6.07) is 12.4. The molecular formula is C24H30N2O5S. The minimum absolute atomic E-state index is 0.00793. The predicted octanol–water partition coefficient (Wildman–Crippen LogP) is 3.90. The molecule has 4 rings (SSSR count). The number of sulfonamides is 1. The van der Waals surface area contributed by atoms with Gasteiger partial charge in [0.1, 0.15) is 16.4 Å². The molecule has 1 aliphatic heterocycles. The summed E-state index contributed by atoms with van der Waals surface area (Å²) >= 11 is 0. The second-order valence-electron chi connectivity index (χ2n) is 8.40. The van der Waals surface area contributed by atoms with Crippen LogP contribution in [0.5, 0.6) is 11.5 Å². The first kappa shape index (κ1) is 22.6. The lowest BCUT2D eigenvalue weighted by Crippen LogP contribution is -2.35. The van der Waals surface area contributed by atoms with Gasteiger partial charge >= 0.3 is 0 Å². The van der Waals surface area contributed by atoms with E-state index in [2.05, 4.69) is 4.72 Å². The summed E-state index contributed by atoms with van der Waals surface area (Å²) in [7, 11) is -0.706. The SMILES string of the molecule is COc1ccc([C@@H]2CCCCCN2C(=O)c2ccc(OC)c(S(=O)(=O)NC3CC3)c2)cc1. The van der Waals surface area contributed by atoms with Crippen LogP contribution in [0.15, 0.2) is 47.4 Å². The Hall–Kier alpha value is -2.58. The first-order chi connectivity index (χ1) is 15.4. The number of rotatable bonds is 7. The molecule has 1 atom stereocenters. The van der Waals surface area contributed by atoms with Crippen LogP contribution < -0.4 is 14.2 Å². The van der Waals surface area contributed by atoms with Crippen LogP contribution in [0.25, 0.3) is 0 Å². The summed E-state index contributed by atoms with van der Waals surface area (Å²) in [5, 5.41) is 0. The van der Waals surface area contributed by atoms with E-state index >= 15 is 0 Å². The molecule has 0 bridgehead atoms. The molecule has 1 N–H and O–H groups in total. The Bertz CT molecular complexity index is 1060. The Morgan fingerprint density at radius 3 is 2.38 bits per heavy atom. The average Bonchev–Trinajstić information content (AvgIpc) is 3.64. The van der Waals surface area contributed by atoms with Crippen molar-refractivity contribution in [1.82, 2.24) is 9.62 Å². The number of carbonyl (C=O) groups excluding carboxylic acids is 1. The highest BCUT2D eigenvalue weighted by Gasteiger charge is 2.32. The molecule has 1 saturated carbocycles. The predicted molar refractivity (Wildman–Crippen MR) is 122 cm³/mol. The monoisotopic (exact) mass is 458 g/mol. The maximum Gasteiger partial charge on any atom is 0.254 e. The molecular weight excluding hydrogens is 428 g/mol. The highest BCUT2D eigenvalue weighted by molar-refractivity contribution is 7.89. The van der Waals surface area contributed by atoms with E-state index in [4.69, 9.17) is 9.47 Å². The summed E-state index contributed by atoms with van der Waals surface area (Å²) in [6.07, 6.45) is 5.54. The number of methoxy groups -OCH3 is 2. The van der Waals surface area contributed by atoms with Gasteiger partial charge in [-0.25, -0.2) is 13.1 Å². The van der Waals surface area contributed by atoms with Crippen molar-refractivity contribution in [2.75, 3.05) is 20.8 Å². The van der Waals surface area contributed by atoms with E-state index in [9.17, 15) is 13.2 Å². The van der Waals surface area contributed by atoms with E-state index < -0.39 is 10.0 Å². The van der Waals surface area contributed by atoms with Gasteiger partial charge in [0.15, 0.2) is 0 Å². The molecule has 0 aromatic heterocycles. The second kappa shape index (κ2) is 9.50. The first-order valence-electron chi connectivity index (χ1n) is 11.1. The molecule has 0 unspecified atom stereocenters. The molecule has 2 aromatic carbocycles. The van der Waals surface area contributed by atoms with Gasteiger partial charge in [-0.2, -0.15) is 0 Å². The zero-order chi connectivity index (χ0) is 22.7. The Balaban J connectivity index is 1.66. The van der Waals surface area contributed by atoms with E-state index in [1.807, 2.05) is 29.2 Å². The van der Waals surface area contributed by atoms with E-state index in [1.54, 1.807) is 19.2 Å². The summed E-state index contributed by atoms with van der Waals surface area (Å²) in [5.74, 6) is 0.837. The van der Waals surface area contributed by atoms with Gasteiger partial charge in [-0.3, -0.25) is 4.79 Å². The van der Waals surface area contributed by atoms with Crippen molar-refractivity contribution < 1.29 is 22.7 Å². The lowest BCUT2D eigenvalue weighted by molar-refractivity contribution is 0.0680. The third-order valence-corrected chi connectivity index (χ3v) is 7.66. The zero-order valence-corrected chi connectivity index (χ0v) is 19.4. The molecule has 1 heterocycles. The molecule has 0 radical (unpaired) electrons. The molecule has 1 saturated heterocycles. The molecule has 8 heteroatoms. The lowest BCUT2D eigenvalue weighted by atomic mass is 10.00. The third-order valence-electron chi connectivity index (χ3n) is 6.11. The number of nitrogens with one attached hydrogen (secondary N) is 1. The van der Waals surface area contributed by atoms with Gasteiger partial charge in [0.25, 0.3) is 5.91 Å². The van der Waals surface area contributed by atoms with E-state index in [0.717, 1.165) is 49.8 Å². The average molecular weight is 459 g/mol. The maximum atomic E-state index is 13.6. The topological polar surface area (TPSA) is 84.9 Å². The first-order valence-corrected chi connectivity index (χ1v) is 12.6. The van der Waals surface area contributed by atoms with Crippen LogP contribution in [0.2, 0.25) is 0 Å². The highest BCUT2D eigenvalue weighted by Crippen LogP contribution is 2.34. The largest absolute Gasteiger partial charge is 0.497 e. The van der Waals surface area contributed by atoms with Crippen LogP contribution in [0.1, 0.15) is 60.5 Å². The number of nitrogens with zero attached hydrogens (tertiary/aromatic N) is 1. The van der Waals surface area contributed by atoms with Crippen LogP contribution in [0.4, 0.5) is 0 Å². The number of carbonyl (C=O) groups is 1. The normalized spacial score (nSPS) is 19.3. The number of likely N-dealkylation sites (tertiary alicyclic amines) is 1. The summed E-state index contributed by atoms with van der Waals surface area (Å²) < 4.78 is 39.0. The van der Waals surface area contributed by atoms with Gasteiger partial charge in [-0.05, 0) is 61.6 Å². The van der Waals surface area contributed by atoms with Gasteiger partial charge < -0.3 is 14.4 Å². The van der Waals surface area contributed by atoms with Gasteiger partial charge in [-0.1, -0.05) is 25.0 Å². The van der Waals surface area contributed by atoms with Crippen LogP contribution in [-0.2, 0) is 10.0 Å². The summed E-state index contributed by atoms with van der Waals surface area (Å²) in [4.78, 5) is 15.5. The zero-order valence-electron chi connectivity index (χ0n) is 18.5. The molecule has 2 aromatic rings. The standard InChI is InChI=1S/C24H30N2O5S/c1-30-20-12-7-17(8-13-20)21-6-4-3-5-15-26(21)24(27)18-9-14-22(31-2)23(16-18)32(28,29)25-19-10-11-19/h7-9,12-14,16,19,21,25H,3-6,10-11,15H2,1-2H3/t21-/m0/s1. The Morgan fingerprint density at radius 1 is 0.969 bits per heavy atom. The fraction of sp³-hybridized carbons (Fsp3) is 0.458. The van der Waals surface area contributed by atoms with Crippen molar-refractivity contribution in [2.24, 2.45) is 0 Å². The molecule has 1 amide bonds. The Labute approximate surface area is 189 Å². The van der Waals surface area contributed by atoms with Crippen LogP contribution in [0.3, 0.4) is 0 Å². The van der Waals surface area contributed by atoms with Gasteiger partial charge in [0.05, 0.1) is 20.3 Å². The number of benzene rings is 2. The number of hydrogen-bond donors (Lipinski definition) is 1. The van der Waals surface area contributed by atoms with E-state index in [1.165, 1.54) is 13.2 Å². The quantitative estimate of drug-likeness (QED) is 0.680. The fourth-order valence-corrected chi connectivity index (χ4v) is 5.69. The molecule has 7 nitrogen and oxygen atoms in total. The molecule has 2 fully saturated rings. The van der Waals surface area contributed by atoms with E-state index in [0.29, 0.717) is 12.1 Å². The van der Waals surface area contributed by atoms with Crippen molar-refractivity contribution in [2.45, 2.75) is 55.5 Å². The smallest absolute Gasteiger partial charge is 0.254 e. The Kier molecular flexibility index (Phi) is 6.71. The molecule has 2 aliphatic rings. The number of ether oxygens (including phenoxy) is 2. The van der Waals surface area contributed by atoms with E-state index in [-0.39, 0.29) is 28.6 Å². The van der Waals surface area contributed by atoms with Crippen molar-refractivity contribution in [3.05, 3.63) is 53.6 Å². The lowest BCUT2D eigenvalue weighted by Gasteiger charge is -2.31. The van der Waals surface area contributed by atoms with Crippen molar-refractivity contribution in [3.63, 3.8) is 0 Å². The summed E-state index contributed by atoms with van der Waals surface area (Å²) in [5.41, 5.74) is 1.40. The second-order valence-corrected chi connectivity index (χ2v) is 10.1. The number of amides is 1. The minimum Gasteiger partial charge on any atom is -0.497 e. The van der Waals surface area contributed by atoms with Crippen LogP contribution in [-0.4, -0.2) is 46.0 Å². The van der Waals surface area contributed by atoms with Gasteiger partial charge in [0.2, 0.25) is 10.0 Å². The molecule has 32 heavy (non-hydrogen) atoms. The molecule has 1 aliphatic carbocycles. The van der Waals surface area contributed by atoms with Crippen molar-refractivity contribution in [1.29, 1.82) is 0 Å². The Morgan fingerprint density at radius 2 is 1.72 bits per heavy atom. The fourth-order valence-electron chi connectivity index (χ4n) is 4.19. The van der Waals surface area contributed by atoms with Crippen molar-refractivity contribution in [3.8, 4) is 11.5 Å².